The summed E-state index contributed by atoms with van der Waals surface area (Å²) in [5, 5.41) is 5.79. The van der Waals surface area contributed by atoms with Crippen LogP contribution in [0.5, 0.6) is 11.5 Å². The summed E-state index contributed by atoms with van der Waals surface area (Å²) in [6, 6.07) is 8.70. The maximum absolute atomic E-state index is 5.38. The van der Waals surface area contributed by atoms with Crippen molar-refractivity contribution < 1.29 is 9.47 Å². The lowest BCUT2D eigenvalue weighted by atomic mass is 10.0. The normalized spacial score (nSPS) is 12.2. The number of nitrogens with one attached hydrogen (secondary N) is 1. The first kappa shape index (κ1) is 16.6. The van der Waals surface area contributed by atoms with Gasteiger partial charge in [0.1, 0.15) is 0 Å². The van der Waals surface area contributed by atoms with Crippen LogP contribution in [0.2, 0.25) is 0 Å². The molecule has 2 rings (SSSR count). The van der Waals surface area contributed by atoms with E-state index < -0.39 is 0 Å². The quantitative estimate of drug-likeness (QED) is 0.683. The molecule has 1 unspecified atom stereocenters. The SMILES string of the molecule is CCNC(Cc1ccc(OC)c(OC)c1)c1csc(I)c1. The van der Waals surface area contributed by atoms with Crippen LogP contribution in [-0.2, 0) is 6.42 Å². The summed E-state index contributed by atoms with van der Waals surface area (Å²) in [6.07, 6.45) is 0.932. The van der Waals surface area contributed by atoms with E-state index in [1.165, 1.54) is 14.0 Å². The van der Waals surface area contributed by atoms with Crippen LogP contribution >= 0.6 is 33.9 Å². The average molecular weight is 417 g/mol. The highest BCUT2D eigenvalue weighted by Crippen LogP contribution is 2.30. The topological polar surface area (TPSA) is 30.5 Å². The summed E-state index contributed by atoms with van der Waals surface area (Å²) < 4.78 is 12.0. The molecular formula is C16H20INO2S. The molecule has 0 radical (unpaired) electrons. The van der Waals surface area contributed by atoms with Crippen molar-refractivity contribution in [3.63, 3.8) is 0 Å². The largest absolute Gasteiger partial charge is 0.493 e. The van der Waals surface area contributed by atoms with Crippen molar-refractivity contribution >= 4 is 33.9 Å². The monoisotopic (exact) mass is 417 g/mol. The van der Waals surface area contributed by atoms with Crippen molar-refractivity contribution in [2.45, 2.75) is 19.4 Å². The van der Waals surface area contributed by atoms with E-state index in [-0.39, 0.29) is 0 Å². The predicted molar refractivity (Wildman–Crippen MR) is 96.7 cm³/mol. The first-order chi connectivity index (χ1) is 10.2. The van der Waals surface area contributed by atoms with Gasteiger partial charge in [0, 0.05) is 6.04 Å². The Bertz CT molecular complexity index is 585. The van der Waals surface area contributed by atoms with E-state index in [1.807, 2.05) is 6.07 Å². The van der Waals surface area contributed by atoms with Crippen molar-refractivity contribution in [3.05, 3.63) is 43.7 Å². The average Bonchev–Trinajstić information content (AvgIpc) is 2.93. The third kappa shape index (κ3) is 4.34. The Balaban J connectivity index is 2.20. The third-order valence-corrected chi connectivity index (χ3v) is 5.14. The molecule has 0 saturated heterocycles. The van der Waals surface area contributed by atoms with Crippen LogP contribution in [-0.4, -0.2) is 20.8 Å². The van der Waals surface area contributed by atoms with Gasteiger partial charge in [-0.1, -0.05) is 13.0 Å². The molecule has 1 atom stereocenters. The molecular weight excluding hydrogens is 397 g/mol. The van der Waals surface area contributed by atoms with Gasteiger partial charge in [0.25, 0.3) is 0 Å². The van der Waals surface area contributed by atoms with Gasteiger partial charge >= 0.3 is 0 Å². The van der Waals surface area contributed by atoms with E-state index in [4.69, 9.17) is 9.47 Å². The number of rotatable bonds is 7. The molecule has 0 aliphatic rings. The van der Waals surface area contributed by atoms with Crippen LogP contribution < -0.4 is 14.8 Å². The molecule has 0 amide bonds. The number of methoxy groups -OCH3 is 2. The number of thiophene rings is 1. The standard InChI is InChI=1S/C16H20INO2S/c1-4-18-13(12-9-16(17)21-10-12)7-11-5-6-14(19-2)15(8-11)20-3/h5-6,8-10,13,18H,4,7H2,1-3H3. The minimum Gasteiger partial charge on any atom is -0.493 e. The van der Waals surface area contributed by atoms with Crippen LogP contribution in [0, 0.1) is 2.88 Å². The molecule has 114 valence electrons. The summed E-state index contributed by atoms with van der Waals surface area (Å²) in [6.45, 7) is 3.09. The van der Waals surface area contributed by atoms with Crippen molar-refractivity contribution in [1.29, 1.82) is 0 Å². The summed E-state index contributed by atoms with van der Waals surface area (Å²) >= 11 is 4.15. The molecule has 0 fully saturated rings. The molecule has 1 aromatic carbocycles. The first-order valence-electron chi connectivity index (χ1n) is 6.86. The third-order valence-electron chi connectivity index (χ3n) is 3.33. The van der Waals surface area contributed by atoms with Gasteiger partial charge in [0.05, 0.1) is 17.1 Å². The molecule has 0 saturated carbocycles. The zero-order valence-electron chi connectivity index (χ0n) is 12.5. The molecule has 2 aromatic rings. The first-order valence-corrected chi connectivity index (χ1v) is 8.82. The summed E-state index contributed by atoms with van der Waals surface area (Å²) in [5.74, 6) is 1.55. The van der Waals surface area contributed by atoms with E-state index in [1.54, 1.807) is 25.6 Å². The fourth-order valence-corrected chi connectivity index (χ4v) is 3.73. The Morgan fingerprint density at radius 1 is 1.19 bits per heavy atom. The van der Waals surface area contributed by atoms with E-state index in [2.05, 4.69) is 58.4 Å². The minimum atomic E-state index is 0.327. The lowest BCUT2D eigenvalue weighted by Gasteiger charge is -2.18. The van der Waals surface area contributed by atoms with Gasteiger partial charge in [-0.3, -0.25) is 0 Å². The Morgan fingerprint density at radius 3 is 2.52 bits per heavy atom. The maximum atomic E-state index is 5.38. The lowest BCUT2D eigenvalue weighted by molar-refractivity contribution is 0.354. The van der Waals surface area contributed by atoms with E-state index >= 15 is 0 Å². The van der Waals surface area contributed by atoms with Crippen LogP contribution in [0.4, 0.5) is 0 Å². The molecule has 1 heterocycles. The predicted octanol–water partition coefficient (Wildman–Crippen LogP) is 4.26. The van der Waals surface area contributed by atoms with Crippen LogP contribution in [0.3, 0.4) is 0 Å². The van der Waals surface area contributed by atoms with Gasteiger partial charge in [-0.2, -0.15) is 0 Å². The molecule has 0 aliphatic carbocycles. The molecule has 0 bridgehead atoms. The number of hydrogen-bond donors (Lipinski definition) is 1. The van der Waals surface area contributed by atoms with Gasteiger partial charge in [0.2, 0.25) is 0 Å². The number of benzene rings is 1. The van der Waals surface area contributed by atoms with E-state index in [0.29, 0.717) is 6.04 Å². The molecule has 21 heavy (non-hydrogen) atoms. The van der Waals surface area contributed by atoms with Crippen molar-refractivity contribution in [3.8, 4) is 11.5 Å². The second kappa shape index (κ2) is 8.00. The molecule has 5 heteroatoms. The number of halogens is 1. The van der Waals surface area contributed by atoms with Crippen molar-refractivity contribution in [2.75, 3.05) is 20.8 Å². The smallest absolute Gasteiger partial charge is 0.160 e. The highest BCUT2D eigenvalue weighted by atomic mass is 127. The molecule has 0 spiro atoms. The Labute approximate surface area is 143 Å². The fraction of sp³-hybridized carbons (Fsp3) is 0.375. The summed E-state index contributed by atoms with van der Waals surface area (Å²) in [4.78, 5) is 0. The van der Waals surface area contributed by atoms with E-state index in [9.17, 15) is 0 Å². The van der Waals surface area contributed by atoms with Gasteiger partial charge in [-0.05, 0) is 70.3 Å². The highest BCUT2D eigenvalue weighted by molar-refractivity contribution is 14.1. The summed E-state index contributed by atoms with van der Waals surface area (Å²) in [5.41, 5.74) is 2.58. The van der Waals surface area contributed by atoms with Gasteiger partial charge in [-0.25, -0.2) is 0 Å². The van der Waals surface area contributed by atoms with Crippen LogP contribution in [0.1, 0.15) is 24.1 Å². The zero-order chi connectivity index (χ0) is 15.2. The van der Waals surface area contributed by atoms with Gasteiger partial charge < -0.3 is 14.8 Å². The Morgan fingerprint density at radius 2 is 1.95 bits per heavy atom. The molecule has 0 aliphatic heterocycles. The number of ether oxygens (including phenoxy) is 2. The Kier molecular flexibility index (Phi) is 6.32. The van der Waals surface area contributed by atoms with Gasteiger partial charge in [-0.15, -0.1) is 11.3 Å². The second-order valence-electron chi connectivity index (χ2n) is 4.69. The lowest BCUT2D eigenvalue weighted by Crippen LogP contribution is -2.22. The van der Waals surface area contributed by atoms with Gasteiger partial charge in [0.15, 0.2) is 11.5 Å². The fourth-order valence-electron chi connectivity index (χ4n) is 2.30. The van der Waals surface area contributed by atoms with Crippen LogP contribution in [0.25, 0.3) is 0 Å². The zero-order valence-corrected chi connectivity index (χ0v) is 15.5. The molecule has 1 N–H and O–H groups in total. The highest BCUT2D eigenvalue weighted by Gasteiger charge is 2.14. The second-order valence-corrected chi connectivity index (χ2v) is 7.49. The van der Waals surface area contributed by atoms with Crippen LogP contribution in [0.15, 0.2) is 29.6 Å². The molecule has 1 aromatic heterocycles. The number of likely N-dealkylation sites (N-methyl/N-ethyl adjacent to an activating group) is 1. The van der Waals surface area contributed by atoms with Crippen molar-refractivity contribution in [1.82, 2.24) is 5.32 Å². The Hall–Kier alpha value is -0.790. The van der Waals surface area contributed by atoms with Crippen molar-refractivity contribution in [2.24, 2.45) is 0 Å². The van der Waals surface area contributed by atoms with E-state index in [0.717, 1.165) is 24.5 Å². The summed E-state index contributed by atoms with van der Waals surface area (Å²) in [7, 11) is 3.33. The maximum Gasteiger partial charge on any atom is 0.160 e. The molecule has 3 nitrogen and oxygen atoms in total. The number of hydrogen-bond acceptors (Lipinski definition) is 4. The minimum absolute atomic E-state index is 0.327.